The second-order valence-corrected chi connectivity index (χ2v) is 5.27. The summed E-state index contributed by atoms with van der Waals surface area (Å²) in [5.41, 5.74) is 5.79. The van der Waals surface area contributed by atoms with Crippen molar-refractivity contribution in [3.63, 3.8) is 0 Å². The molecular weight excluding hydrogens is 270 g/mol. The summed E-state index contributed by atoms with van der Waals surface area (Å²) < 4.78 is 0. The van der Waals surface area contributed by atoms with E-state index in [9.17, 15) is 0 Å². The van der Waals surface area contributed by atoms with Gasteiger partial charge in [-0.2, -0.15) is 0 Å². The lowest BCUT2D eigenvalue weighted by molar-refractivity contribution is 1.11. The highest BCUT2D eigenvalue weighted by molar-refractivity contribution is 6.00. The number of hydrogen-bond donors (Lipinski definition) is 1. The van der Waals surface area contributed by atoms with E-state index in [4.69, 9.17) is 6.57 Å². The predicted molar refractivity (Wildman–Crippen MR) is 91.8 cm³/mol. The number of aromatic nitrogens is 1. The van der Waals surface area contributed by atoms with E-state index in [1.807, 2.05) is 30.3 Å². The van der Waals surface area contributed by atoms with Gasteiger partial charge in [-0.25, -0.2) is 4.85 Å². The average Bonchev–Trinajstić information content (AvgIpc) is 2.55. The highest BCUT2D eigenvalue weighted by Crippen LogP contribution is 2.35. The number of hydrogen-bond acceptors (Lipinski definition) is 2. The number of benzene rings is 2. The molecule has 0 unspecified atom stereocenters. The molecule has 0 saturated heterocycles. The van der Waals surface area contributed by atoms with E-state index >= 15 is 0 Å². The number of pyridine rings is 1. The molecule has 1 aromatic heterocycles. The molecule has 3 heteroatoms. The lowest BCUT2D eigenvalue weighted by Gasteiger charge is -2.14. The van der Waals surface area contributed by atoms with Crippen LogP contribution in [-0.2, 0) is 6.42 Å². The molecule has 0 radical (unpaired) electrons. The van der Waals surface area contributed by atoms with Crippen LogP contribution in [0.3, 0.4) is 0 Å². The fraction of sp³-hybridized carbons (Fsp3) is 0.158. The van der Waals surface area contributed by atoms with Crippen molar-refractivity contribution in [3.05, 3.63) is 71.2 Å². The number of fused-ring (bicyclic) bond motifs is 1. The fourth-order valence-corrected chi connectivity index (χ4v) is 2.64. The number of aryl methyl sites for hydroxylation is 2. The summed E-state index contributed by atoms with van der Waals surface area (Å²) in [5.74, 6) is 0. The van der Waals surface area contributed by atoms with E-state index in [0.717, 1.165) is 28.7 Å². The van der Waals surface area contributed by atoms with Gasteiger partial charge >= 0.3 is 0 Å². The van der Waals surface area contributed by atoms with Crippen molar-refractivity contribution in [2.45, 2.75) is 20.3 Å². The fourth-order valence-electron chi connectivity index (χ4n) is 2.64. The molecule has 0 amide bonds. The Bertz CT molecular complexity index is 861. The largest absolute Gasteiger partial charge is 0.364 e. The first kappa shape index (κ1) is 14.1. The minimum Gasteiger partial charge on any atom is -0.364 e. The zero-order valence-electron chi connectivity index (χ0n) is 12.7. The van der Waals surface area contributed by atoms with Crippen LogP contribution < -0.4 is 5.32 Å². The Balaban J connectivity index is 2.23. The first-order valence-electron chi connectivity index (χ1n) is 7.34. The Morgan fingerprint density at radius 1 is 1.18 bits per heavy atom. The molecule has 0 aliphatic heterocycles. The molecule has 3 nitrogen and oxygen atoms in total. The van der Waals surface area contributed by atoms with Gasteiger partial charge in [-0.3, -0.25) is 4.98 Å². The van der Waals surface area contributed by atoms with Gasteiger partial charge < -0.3 is 5.32 Å². The molecule has 3 aromatic rings. The van der Waals surface area contributed by atoms with E-state index in [0.29, 0.717) is 5.69 Å². The molecule has 0 aliphatic rings. The third-order valence-corrected chi connectivity index (χ3v) is 3.85. The second-order valence-electron chi connectivity index (χ2n) is 5.27. The van der Waals surface area contributed by atoms with E-state index in [1.54, 1.807) is 6.20 Å². The predicted octanol–water partition coefficient (Wildman–Crippen LogP) is 5.40. The van der Waals surface area contributed by atoms with E-state index in [-0.39, 0.29) is 0 Å². The van der Waals surface area contributed by atoms with Crippen molar-refractivity contribution in [1.82, 2.24) is 4.98 Å². The van der Waals surface area contributed by atoms with Crippen LogP contribution in [0, 0.1) is 13.5 Å². The van der Waals surface area contributed by atoms with Gasteiger partial charge in [-0.05, 0) is 48.7 Å². The van der Waals surface area contributed by atoms with Crippen LogP contribution in [0.15, 0.2) is 48.7 Å². The van der Waals surface area contributed by atoms with Gasteiger partial charge in [-0.15, -0.1) is 0 Å². The van der Waals surface area contributed by atoms with Crippen LogP contribution >= 0.6 is 0 Å². The van der Waals surface area contributed by atoms with Crippen LogP contribution in [0.25, 0.3) is 15.7 Å². The first-order valence-corrected chi connectivity index (χ1v) is 7.34. The number of anilines is 2. The lowest BCUT2D eigenvalue weighted by atomic mass is 10.0. The molecule has 0 aliphatic carbocycles. The molecule has 108 valence electrons. The van der Waals surface area contributed by atoms with Crippen LogP contribution in [0.1, 0.15) is 18.1 Å². The van der Waals surface area contributed by atoms with Gasteiger partial charge in [-0.1, -0.05) is 25.1 Å². The maximum Gasteiger partial charge on any atom is 0.228 e. The van der Waals surface area contributed by atoms with Crippen molar-refractivity contribution in [2.75, 3.05) is 5.32 Å². The van der Waals surface area contributed by atoms with Crippen LogP contribution in [0.2, 0.25) is 0 Å². The lowest BCUT2D eigenvalue weighted by Crippen LogP contribution is -1.95. The zero-order chi connectivity index (χ0) is 15.5. The van der Waals surface area contributed by atoms with Crippen molar-refractivity contribution < 1.29 is 0 Å². The van der Waals surface area contributed by atoms with Gasteiger partial charge in [0.25, 0.3) is 0 Å². The Labute approximate surface area is 130 Å². The molecule has 2 aromatic carbocycles. The molecule has 3 rings (SSSR count). The minimum atomic E-state index is 0.544. The molecule has 0 fully saturated rings. The van der Waals surface area contributed by atoms with Crippen molar-refractivity contribution in [2.24, 2.45) is 0 Å². The maximum atomic E-state index is 7.41. The van der Waals surface area contributed by atoms with Gasteiger partial charge in [0.1, 0.15) is 0 Å². The summed E-state index contributed by atoms with van der Waals surface area (Å²) >= 11 is 0. The van der Waals surface area contributed by atoms with E-state index in [1.165, 1.54) is 11.1 Å². The number of nitrogens with zero attached hydrogens (tertiary/aromatic N) is 2. The molecule has 22 heavy (non-hydrogen) atoms. The van der Waals surface area contributed by atoms with Gasteiger partial charge in [0.15, 0.2) is 0 Å². The highest BCUT2D eigenvalue weighted by atomic mass is 14.9. The monoisotopic (exact) mass is 287 g/mol. The van der Waals surface area contributed by atoms with Crippen LogP contribution in [0.4, 0.5) is 17.1 Å². The standard InChI is InChI=1S/C19H17N3/c1-4-14-11-16-17(10-13(14)2)21-12-18(20-3)19(16)22-15-8-6-5-7-9-15/h5-12H,4H2,1-2H3,(H,21,22). The second kappa shape index (κ2) is 5.87. The molecule has 1 heterocycles. The molecule has 0 bridgehead atoms. The average molecular weight is 287 g/mol. The highest BCUT2D eigenvalue weighted by Gasteiger charge is 2.11. The molecule has 1 N–H and O–H groups in total. The number of rotatable bonds is 3. The normalized spacial score (nSPS) is 10.4. The molecule has 0 saturated carbocycles. The summed E-state index contributed by atoms with van der Waals surface area (Å²) in [7, 11) is 0. The Kier molecular flexibility index (Phi) is 3.76. The topological polar surface area (TPSA) is 29.3 Å². The Morgan fingerprint density at radius 3 is 2.64 bits per heavy atom. The Hall–Kier alpha value is -2.86. The van der Waals surface area contributed by atoms with Gasteiger partial charge in [0.2, 0.25) is 5.69 Å². The van der Waals surface area contributed by atoms with E-state index < -0.39 is 0 Å². The summed E-state index contributed by atoms with van der Waals surface area (Å²) in [4.78, 5) is 8.06. The molecule has 0 spiro atoms. The first-order chi connectivity index (χ1) is 10.7. The van der Waals surface area contributed by atoms with Crippen molar-refractivity contribution in [3.8, 4) is 0 Å². The number of nitrogens with one attached hydrogen (secondary N) is 1. The van der Waals surface area contributed by atoms with Crippen LogP contribution in [-0.4, -0.2) is 4.98 Å². The molecule has 0 atom stereocenters. The van der Waals surface area contributed by atoms with Gasteiger partial charge in [0.05, 0.1) is 17.8 Å². The number of para-hydroxylation sites is 1. The smallest absolute Gasteiger partial charge is 0.228 e. The third kappa shape index (κ3) is 2.51. The van der Waals surface area contributed by atoms with Crippen molar-refractivity contribution >= 4 is 28.0 Å². The van der Waals surface area contributed by atoms with E-state index in [2.05, 4.69) is 41.1 Å². The quantitative estimate of drug-likeness (QED) is 0.653. The summed E-state index contributed by atoms with van der Waals surface area (Å²) in [6.07, 6.45) is 2.61. The van der Waals surface area contributed by atoms with Crippen molar-refractivity contribution in [1.29, 1.82) is 0 Å². The molecular formula is C19H17N3. The minimum absolute atomic E-state index is 0.544. The summed E-state index contributed by atoms with van der Waals surface area (Å²) in [6.45, 7) is 11.7. The maximum absolute atomic E-state index is 7.41. The van der Waals surface area contributed by atoms with Crippen LogP contribution in [0.5, 0.6) is 0 Å². The zero-order valence-corrected chi connectivity index (χ0v) is 12.7. The third-order valence-electron chi connectivity index (χ3n) is 3.85. The Morgan fingerprint density at radius 2 is 1.95 bits per heavy atom. The summed E-state index contributed by atoms with van der Waals surface area (Å²) in [5, 5.41) is 4.38. The SMILES string of the molecule is [C-]#[N+]c1cnc2cc(C)c(CC)cc2c1Nc1ccccc1. The summed E-state index contributed by atoms with van der Waals surface area (Å²) in [6, 6.07) is 14.2. The van der Waals surface area contributed by atoms with Gasteiger partial charge in [0, 0.05) is 17.3 Å².